The number of anilines is 4. The highest BCUT2D eigenvalue weighted by Gasteiger charge is 2.24. The molecule has 0 aliphatic carbocycles. The predicted molar refractivity (Wildman–Crippen MR) is 120 cm³/mol. The number of rotatable bonds is 5. The number of amides is 2. The van der Waals surface area contributed by atoms with Gasteiger partial charge in [0, 0.05) is 43.6 Å². The monoisotopic (exact) mass is 435 g/mol. The highest BCUT2D eigenvalue weighted by atomic mass is 19.1. The first-order chi connectivity index (χ1) is 15.5. The third-order valence-electron chi connectivity index (χ3n) is 5.08. The Kier molecular flexibility index (Phi) is 6.16. The van der Waals surface area contributed by atoms with Crippen molar-refractivity contribution < 1.29 is 19.1 Å². The number of halogens is 1. The largest absolute Gasteiger partial charge is 0.465 e. The topological polar surface area (TPSA) is 97.8 Å². The van der Waals surface area contributed by atoms with Crippen LogP contribution in [0.1, 0.15) is 10.5 Å². The molecular formula is C23H22FN5O3. The molecule has 164 valence electrons. The van der Waals surface area contributed by atoms with E-state index in [9.17, 15) is 14.0 Å². The van der Waals surface area contributed by atoms with Crippen LogP contribution in [0.3, 0.4) is 0 Å². The summed E-state index contributed by atoms with van der Waals surface area (Å²) in [7, 11) is 0. The number of hydrogen-bond acceptors (Lipinski definition) is 5. The lowest BCUT2D eigenvalue weighted by atomic mass is 10.2. The molecule has 3 aromatic rings. The molecule has 1 saturated heterocycles. The molecule has 32 heavy (non-hydrogen) atoms. The lowest BCUT2D eigenvalue weighted by Crippen LogP contribution is -2.49. The second-order valence-corrected chi connectivity index (χ2v) is 7.31. The Morgan fingerprint density at radius 3 is 2.34 bits per heavy atom. The van der Waals surface area contributed by atoms with Gasteiger partial charge in [0.1, 0.15) is 17.3 Å². The molecule has 0 bridgehead atoms. The van der Waals surface area contributed by atoms with E-state index < -0.39 is 11.9 Å². The van der Waals surface area contributed by atoms with E-state index in [1.807, 2.05) is 30.3 Å². The first-order valence-corrected chi connectivity index (χ1v) is 10.1. The normalized spacial score (nSPS) is 13.5. The molecule has 2 aromatic carbocycles. The van der Waals surface area contributed by atoms with E-state index in [0.717, 1.165) is 5.69 Å². The fraction of sp³-hybridized carbons (Fsp3) is 0.174. The minimum absolute atomic E-state index is 0.100. The van der Waals surface area contributed by atoms with E-state index in [1.165, 1.54) is 30.3 Å². The van der Waals surface area contributed by atoms with Crippen molar-refractivity contribution in [1.82, 2.24) is 9.88 Å². The van der Waals surface area contributed by atoms with Crippen molar-refractivity contribution in [1.29, 1.82) is 0 Å². The summed E-state index contributed by atoms with van der Waals surface area (Å²) in [4.78, 5) is 32.5. The number of hydrogen-bond donors (Lipinski definition) is 3. The molecule has 1 aliphatic rings. The number of pyridine rings is 1. The van der Waals surface area contributed by atoms with Gasteiger partial charge in [0.25, 0.3) is 5.91 Å². The Morgan fingerprint density at radius 1 is 0.906 bits per heavy atom. The van der Waals surface area contributed by atoms with Gasteiger partial charge in [-0.2, -0.15) is 0 Å². The van der Waals surface area contributed by atoms with Crippen molar-refractivity contribution in [2.45, 2.75) is 0 Å². The molecule has 3 N–H and O–H groups in total. The molecule has 0 spiro atoms. The van der Waals surface area contributed by atoms with Crippen molar-refractivity contribution >= 4 is 34.9 Å². The van der Waals surface area contributed by atoms with Gasteiger partial charge < -0.3 is 20.2 Å². The maximum Gasteiger partial charge on any atom is 0.409 e. The average molecular weight is 435 g/mol. The van der Waals surface area contributed by atoms with Crippen LogP contribution < -0.4 is 15.5 Å². The van der Waals surface area contributed by atoms with Gasteiger partial charge >= 0.3 is 6.09 Å². The van der Waals surface area contributed by atoms with E-state index in [-0.39, 0.29) is 23.1 Å². The van der Waals surface area contributed by atoms with Crippen molar-refractivity contribution in [2.24, 2.45) is 0 Å². The first-order valence-electron chi connectivity index (χ1n) is 10.1. The van der Waals surface area contributed by atoms with Crippen LogP contribution in [0.4, 0.5) is 32.1 Å². The summed E-state index contributed by atoms with van der Waals surface area (Å²) in [6.45, 7) is 2.38. The van der Waals surface area contributed by atoms with Crippen LogP contribution in [0.15, 0.2) is 66.7 Å². The minimum atomic E-state index is -1.26. The summed E-state index contributed by atoms with van der Waals surface area (Å²) < 4.78 is 13.5. The number of piperazine rings is 1. The van der Waals surface area contributed by atoms with Gasteiger partial charge in [-0.05, 0) is 36.4 Å². The molecule has 9 heteroatoms. The van der Waals surface area contributed by atoms with Crippen LogP contribution >= 0.6 is 0 Å². The number of carbonyl (C=O) groups is 2. The van der Waals surface area contributed by atoms with Gasteiger partial charge in [0.2, 0.25) is 0 Å². The number of aromatic nitrogens is 1. The van der Waals surface area contributed by atoms with Crippen molar-refractivity contribution in [3.8, 4) is 0 Å². The molecule has 8 nitrogen and oxygen atoms in total. The minimum Gasteiger partial charge on any atom is -0.465 e. The van der Waals surface area contributed by atoms with E-state index in [1.54, 1.807) is 11.0 Å². The number of carboxylic acid groups (broad SMARTS) is 1. The molecule has 0 atom stereocenters. The van der Waals surface area contributed by atoms with Gasteiger partial charge in [0.05, 0.1) is 5.69 Å². The summed E-state index contributed by atoms with van der Waals surface area (Å²) >= 11 is 0. The number of nitrogens with one attached hydrogen (secondary N) is 2. The maximum atomic E-state index is 13.5. The molecule has 0 unspecified atom stereocenters. The molecule has 0 saturated carbocycles. The highest BCUT2D eigenvalue weighted by Crippen LogP contribution is 2.22. The Hall–Kier alpha value is -4.14. The van der Waals surface area contributed by atoms with Crippen LogP contribution in [-0.2, 0) is 0 Å². The molecule has 4 rings (SSSR count). The van der Waals surface area contributed by atoms with Crippen LogP contribution in [0.5, 0.6) is 0 Å². The van der Waals surface area contributed by atoms with Crippen LogP contribution in [0, 0.1) is 5.82 Å². The van der Waals surface area contributed by atoms with Gasteiger partial charge in [-0.3, -0.25) is 10.1 Å². The Morgan fingerprint density at radius 2 is 1.66 bits per heavy atom. The zero-order valence-electron chi connectivity index (χ0n) is 17.2. The predicted octanol–water partition coefficient (Wildman–Crippen LogP) is 4.02. The van der Waals surface area contributed by atoms with E-state index in [4.69, 9.17) is 5.11 Å². The molecule has 1 aliphatic heterocycles. The smallest absolute Gasteiger partial charge is 0.409 e. The van der Waals surface area contributed by atoms with E-state index >= 15 is 0 Å². The fourth-order valence-electron chi connectivity index (χ4n) is 3.58. The number of nitrogens with zero attached hydrogens (tertiary/aromatic N) is 3. The van der Waals surface area contributed by atoms with E-state index in [2.05, 4.69) is 20.5 Å². The Balaban J connectivity index is 1.52. The summed E-state index contributed by atoms with van der Waals surface area (Å²) in [5, 5.41) is 14.3. The first kappa shape index (κ1) is 21.1. The van der Waals surface area contributed by atoms with Gasteiger partial charge in [-0.15, -0.1) is 0 Å². The number of carbonyl (C=O) groups excluding carboxylic acids is 1. The van der Waals surface area contributed by atoms with Crippen LogP contribution in [0.2, 0.25) is 0 Å². The van der Waals surface area contributed by atoms with Crippen LogP contribution in [0.25, 0.3) is 0 Å². The highest BCUT2D eigenvalue weighted by molar-refractivity contribution is 5.95. The molecule has 1 aromatic heterocycles. The molecular weight excluding hydrogens is 413 g/mol. The second kappa shape index (κ2) is 9.34. The van der Waals surface area contributed by atoms with Gasteiger partial charge in [-0.25, -0.2) is 14.2 Å². The average Bonchev–Trinajstić information content (AvgIpc) is 2.79. The van der Waals surface area contributed by atoms with E-state index in [0.29, 0.717) is 31.9 Å². The SMILES string of the molecule is O=C(O)Nc1cc(Nc2cccc(F)c2)nc(C(=O)N2CCN(c3ccccc3)CC2)c1. The molecule has 1 fully saturated rings. The third kappa shape index (κ3) is 5.12. The third-order valence-corrected chi connectivity index (χ3v) is 5.08. The summed E-state index contributed by atoms with van der Waals surface area (Å²) in [6.07, 6.45) is -1.26. The summed E-state index contributed by atoms with van der Waals surface area (Å²) in [5.74, 6) is -0.496. The van der Waals surface area contributed by atoms with Crippen molar-refractivity contribution in [3.05, 3.63) is 78.2 Å². The quantitative estimate of drug-likeness (QED) is 0.560. The number of para-hydroxylation sites is 1. The maximum absolute atomic E-state index is 13.5. The van der Waals surface area contributed by atoms with Gasteiger partial charge in [-0.1, -0.05) is 24.3 Å². The number of benzene rings is 2. The molecule has 0 radical (unpaired) electrons. The Labute approximate surface area is 184 Å². The van der Waals surface area contributed by atoms with Gasteiger partial charge in [0.15, 0.2) is 0 Å². The Bertz CT molecular complexity index is 1120. The van der Waals surface area contributed by atoms with Crippen molar-refractivity contribution in [3.63, 3.8) is 0 Å². The zero-order valence-corrected chi connectivity index (χ0v) is 17.2. The molecule has 2 amide bonds. The standard InChI is InChI=1S/C23H22FN5O3/c24-16-5-4-6-17(13-16)25-21-15-18(26-23(31)32)14-20(27-21)22(30)29-11-9-28(10-12-29)19-7-2-1-3-8-19/h1-8,13-15H,9-12H2,(H,31,32)(H2,25,26,27). The second-order valence-electron chi connectivity index (χ2n) is 7.31. The lowest BCUT2D eigenvalue weighted by Gasteiger charge is -2.36. The fourth-order valence-corrected chi connectivity index (χ4v) is 3.58. The molecule has 2 heterocycles. The zero-order chi connectivity index (χ0) is 22.5. The van der Waals surface area contributed by atoms with Crippen LogP contribution in [-0.4, -0.2) is 53.2 Å². The summed E-state index contributed by atoms with van der Waals surface area (Å²) in [6, 6.07) is 18.6. The summed E-state index contributed by atoms with van der Waals surface area (Å²) in [5.41, 5.74) is 1.83. The lowest BCUT2D eigenvalue weighted by molar-refractivity contribution is 0.0741. The van der Waals surface area contributed by atoms with Crippen molar-refractivity contribution in [2.75, 3.05) is 41.7 Å².